The minimum Gasteiger partial charge on any atom is -0.493 e. The molecule has 0 aliphatic carbocycles. The maximum absolute atomic E-state index is 5.85. The minimum atomic E-state index is 0.334. The van der Waals surface area contributed by atoms with Gasteiger partial charge in [0.1, 0.15) is 11.5 Å². The Labute approximate surface area is 149 Å². The van der Waals surface area contributed by atoms with E-state index in [1.54, 1.807) is 7.11 Å². The predicted octanol–water partition coefficient (Wildman–Crippen LogP) is 4.36. The van der Waals surface area contributed by atoms with Gasteiger partial charge in [0, 0.05) is 12.6 Å². The van der Waals surface area contributed by atoms with Crippen molar-refractivity contribution in [2.24, 2.45) is 5.92 Å². The molecule has 0 bridgehead atoms. The van der Waals surface area contributed by atoms with Crippen LogP contribution in [0.2, 0.25) is 0 Å². The minimum absolute atomic E-state index is 0.334. The molecular formula is C20H28N2O3. The molecule has 25 heavy (non-hydrogen) atoms. The Bertz CT molecular complexity index is 696. The SMILES string of the molecule is COc1cc(CN2CCC[C@@H]2c2cc(C)on2)ccc1OCC(C)C. The van der Waals surface area contributed by atoms with Gasteiger partial charge in [0.05, 0.1) is 19.8 Å². The fraction of sp³-hybridized carbons (Fsp3) is 0.550. The van der Waals surface area contributed by atoms with Crippen LogP contribution >= 0.6 is 0 Å². The third kappa shape index (κ3) is 4.34. The smallest absolute Gasteiger partial charge is 0.161 e. The zero-order chi connectivity index (χ0) is 17.8. The molecule has 0 spiro atoms. The van der Waals surface area contributed by atoms with E-state index in [0.717, 1.165) is 42.5 Å². The lowest BCUT2D eigenvalue weighted by Gasteiger charge is -2.23. The van der Waals surface area contributed by atoms with Crippen LogP contribution in [-0.2, 0) is 6.54 Å². The summed E-state index contributed by atoms with van der Waals surface area (Å²) in [6.45, 7) is 8.85. The van der Waals surface area contributed by atoms with E-state index in [0.29, 0.717) is 18.6 Å². The van der Waals surface area contributed by atoms with Crippen molar-refractivity contribution < 1.29 is 14.0 Å². The molecule has 2 aromatic rings. The molecule has 1 saturated heterocycles. The monoisotopic (exact) mass is 344 g/mol. The fourth-order valence-electron chi connectivity index (χ4n) is 3.31. The Hall–Kier alpha value is -2.01. The van der Waals surface area contributed by atoms with E-state index >= 15 is 0 Å². The lowest BCUT2D eigenvalue weighted by atomic mass is 10.1. The number of likely N-dealkylation sites (tertiary alicyclic amines) is 1. The van der Waals surface area contributed by atoms with Crippen molar-refractivity contribution in [2.75, 3.05) is 20.3 Å². The van der Waals surface area contributed by atoms with Gasteiger partial charge in [-0.3, -0.25) is 4.90 Å². The van der Waals surface area contributed by atoms with Gasteiger partial charge in [-0.05, 0) is 49.9 Å². The Morgan fingerprint density at radius 3 is 2.80 bits per heavy atom. The average Bonchev–Trinajstić information content (AvgIpc) is 3.22. The van der Waals surface area contributed by atoms with Crippen LogP contribution in [0.1, 0.15) is 49.7 Å². The molecule has 136 valence electrons. The summed E-state index contributed by atoms with van der Waals surface area (Å²) in [4.78, 5) is 2.46. The summed E-state index contributed by atoms with van der Waals surface area (Å²) >= 11 is 0. The molecule has 2 heterocycles. The summed E-state index contributed by atoms with van der Waals surface area (Å²) in [5.74, 6) is 2.96. The molecule has 1 aromatic carbocycles. The van der Waals surface area contributed by atoms with Gasteiger partial charge in [0.25, 0.3) is 0 Å². The lowest BCUT2D eigenvalue weighted by Crippen LogP contribution is -2.23. The van der Waals surface area contributed by atoms with Gasteiger partial charge < -0.3 is 14.0 Å². The highest BCUT2D eigenvalue weighted by atomic mass is 16.5. The predicted molar refractivity (Wildman–Crippen MR) is 97.0 cm³/mol. The van der Waals surface area contributed by atoms with Crippen LogP contribution in [0.5, 0.6) is 11.5 Å². The molecule has 0 saturated carbocycles. The van der Waals surface area contributed by atoms with Gasteiger partial charge in [-0.1, -0.05) is 25.1 Å². The summed E-state index contributed by atoms with van der Waals surface area (Å²) < 4.78 is 16.6. The van der Waals surface area contributed by atoms with Crippen LogP contribution in [0.3, 0.4) is 0 Å². The lowest BCUT2D eigenvalue weighted by molar-refractivity contribution is 0.235. The topological polar surface area (TPSA) is 47.7 Å². The Morgan fingerprint density at radius 1 is 1.28 bits per heavy atom. The van der Waals surface area contributed by atoms with E-state index in [9.17, 15) is 0 Å². The van der Waals surface area contributed by atoms with Crippen LogP contribution in [0.15, 0.2) is 28.8 Å². The van der Waals surface area contributed by atoms with E-state index in [-0.39, 0.29) is 0 Å². The van der Waals surface area contributed by atoms with E-state index < -0.39 is 0 Å². The Kier molecular flexibility index (Phi) is 5.63. The van der Waals surface area contributed by atoms with Crippen LogP contribution in [0.25, 0.3) is 0 Å². The molecule has 3 rings (SSSR count). The number of nitrogens with zero attached hydrogens (tertiary/aromatic N) is 2. The van der Waals surface area contributed by atoms with Gasteiger partial charge in [-0.25, -0.2) is 0 Å². The average molecular weight is 344 g/mol. The number of aromatic nitrogens is 1. The summed E-state index contributed by atoms with van der Waals surface area (Å²) in [5.41, 5.74) is 2.26. The normalized spacial score (nSPS) is 18.0. The van der Waals surface area contributed by atoms with Crippen LogP contribution < -0.4 is 9.47 Å². The van der Waals surface area contributed by atoms with Crippen molar-refractivity contribution >= 4 is 0 Å². The van der Waals surface area contributed by atoms with E-state index in [1.165, 1.54) is 12.0 Å². The van der Waals surface area contributed by atoms with Crippen LogP contribution in [0.4, 0.5) is 0 Å². The first-order valence-electron chi connectivity index (χ1n) is 9.03. The highest BCUT2D eigenvalue weighted by Crippen LogP contribution is 2.34. The maximum atomic E-state index is 5.85. The highest BCUT2D eigenvalue weighted by molar-refractivity contribution is 5.43. The standard InChI is InChI=1S/C20H28N2O3/c1-14(2)13-24-19-8-7-16(11-20(19)23-4)12-22-9-5-6-18(22)17-10-15(3)25-21-17/h7-8,10-11,14,18H,5-6,9,12-13H2,1-4H3/t18-/m1/s1. The first kappa shape index (κ1) is 17.8. The highest BCUT2D eigenvalue weighted by Gasteiger charge is 2.28. The molecule has 1 atom stereocenters. The molecule has 0 radical (unpaired) electrons. The number of aryl methyl sites for hydroxylation is 1. The van der Waals surface area contributed by atoms with Crippen molar-refractivity contribution in [3.63, 3.8) is 0 Å². The molecule has 1 aliphatic rings. The summed E-state index contributed by atoms with van der Waals surface area (Å²) in [5, 5.41) is 4.22. The van der Waals surface area contributed by atoms with Crippen molar-refractivity contribution in [2.45, 2.75) is 46.2 Å². The number of benzene rings is 1. The van der Waals surface area contributed by atoms with Gasteiger partial charge in [0.2, 0.25) is 0 Å². The van der Waals surface area contributed by atoms with Gasteiger partial charge in [-0.15, -0.1) is 0 Å². The zero-order valence-electron chi connectivity index (χ0n) is 15.6. The van der Waals surface area contributed by atoms with Crippen molar-refractivity contribution in [3.05, 3.63) is 41.3 Å². The second-order valence-electron chi connectivity index (χ2n) is 7.18. The summed E-state index contributed by atoms with van der Waals surface area (Å²) in [6.07, 6.45) is 2.31. The molecule has 1 aliphatic heterocycles. The molecule has 5 nitrogen and oxygen atoms in total. The second-order valence-corrected chi connectivity index (χ2v) is 7.18. The Balaban J connectivity index is 1.71. The molecule has 0 unspecified atom stereocenters. The largest absolute Gasteiger partial charge is 0.493 e. The summed E-state index contributed by atoms with van der Waals surface area (Å²) in [7, 11) is 1.69. The van der Waals surface area contributed by atoms with Crippen molar-refractivity contribution in [1.82, 2.24) is 10.1 Å². The quantitative estimate of drug-likeness (QED) is 0.747. The van der Waals surface area contributed by atoms with Crippen LogP contribution in [0, 0.1) is 12.8 Å². The zero-order valence-corrected chi connectivity index (χ0v) is 15.6. The molecule has 1 aromatic heterocycles. The summed E-state index contributed by atoms with van der Waals surface area (Å²) in [6, 6.07) is 8.61. The van der Waals surface area contributed by atoms with E-state index in [1.807, 2.05) is 19.1 Å². The van der Waals surface area contributed by atoms with Gasteiger partial charge in [-0.2, -0.15) is 0 Å². The number of ether oxygens (including phenoxy) is 2. The van der Waals surface area contributed by atoms with Crippen molar-refractivity contribution in [1.29, 1.82) is 0 Å². The van der Waals surface area contributed by atoms with Gasteiger partial charge in [0.15, 0.2) is 11.5 Å². The maximum Gasteiger partial charge on any atom is 0.161 e. The number of hydrogen-bond acceptors (Lipinski definition) is 5. The first-order valence-corrected chi connectivity index (χ1v) is 9.03. The molecular weight excluding hydrogens is 316 g/mol. The molecule has 1 fully saturated rings. The number of rotatable bonds is 7. The third-order valence-electron chi connectivity index (χ3n) is 4.54. The molecule has 5 heteroatoms. The number of hydrogen-bond donors (Lipinski definition) is 0. The van der Waals surface area contributed by atoms with Crippen molar-refractivity contribution in [3.8, 4) is 11.5 Å². The molecule has 0 N–H and O–H groups in total. The Morgan fingerprint density at radius 2 is 2.12 bits per heavy atom. The van der Waals surface area contributed by atoms with Gasteiger partial charge >= 0.3 is 0 Å². The third-order valence-corrected chi connectivity index (χ3v) is 4.54. The van der Waals surface area contributed by atoms with Crippen LogP contribution in [-0.4, -0.2) is 30.3 Å². The van der Waals surface area contributed by atoms with E-state index in [2.05, 4.69) is 36.0 Å². The second kappa shape index (κ2) is 7.91. The molecule has 0 amide bonds. The number of methoxy groups -OCH3 is 1. The first-order chi connectivity index (χ1) is 12.1. The van der Waals surface area contributed by atoms with E-state index in [4.69, 9.17) is 14.0 Å². The fourth-order valence-corrected chi connectivity index (χ4v) is 3.31.